The average molecular weight is 362 g/mol. The molecule has 1 N–H and O–H groups in total. The van der Waals surface area contributed by atoms with Crippen LogP contribution in [0, 0.1) is 17.0 Å². The molecule has 9 heteroatoms. The Labute approximate surface area is 145 Å². The second-order valence-electron chi connectivity index (χ2n) is 5.88. The van der Waals surface area contributed by atoms with Crippen LogP contribution in [0.15, 0.2) is 36.5 Å². The molecule has 0 aliphatic carbocycles. The van der Waals surface area contributed by atoms with E-state index in [-0.39, 0.29) is 11.4 Å². The van der Waals surface area contributed by atoms with Crippen molar-refractivity contribution in [1.29, 1.82) is 0 Å². The Morgan fingerprint density at radius 2 is 2.16 bits per heavy atom. The first kappa shape index (κ1) is 17.2. The molecular formula is C16H18N4O4S. The van der Waals surface area contributed by atoms with Gasteiger partial charge in [0, 0.05) is 19.2 Å². The summed E-state index contributed by atoms with van der Waals surface area (Å²) in [5, 5.41) is 13.9. The van der Waals surface area contributed by atoms with E-state index in [2.05, 4.69) is 10.3 Å². The van der Waals surface area contributed by atoms with E-state index in [0.29, 0.717) is 36.6 Å². The Morgan fingerprint density at radius 3 is 2.80 bits per heavy atom. The van der Waals surface area contributed by atoms with Crippen LogP contribution in [0.1, 0.15) is 17.5 Å². The van der Waals surface area contributed by atoms with Crippen LogP contribution in [0.3, 0.4) is 0 Å². The minimum absolute atomic E-state index is 0.0516. The van der Waals surface area contributed by atoms with E-state index in [0.717, 1.165) is 5.56 Å². The maximum atomic E-state index is 12.0. The molecule has 2 aromatic rings. The predicted octanol–water partition coefficient (Wildman–Crippen LogP) is 2.45. The lowest BCUT2D eigenvalue weighted by Gasteiger charge is -2.18. The van der Waals surface area contributed by atoms with Crippen molar-refractivity contribution in [3.63, 3.8) is 0 Å². The normalized spacial score (nSPS) is 16.0. The lowest BCUT2D eigenvalue weighted by Crippen LogP contribution is -2.25. The number of sulfonamides is 1. The van der Waals surface area contributed by atoms with Crippen molar-refractivity contribution in [2.45, 2.75) is 19.9 Å². The van der Waals surface area contributed by atoms with Gasteiger partial charge in [0.25, 0.3) is 5.69 Å². The fraction of sp³-hybridized carbons (Fsp3) is 0.312. The molecule has 1 aromatic heterocycles. The third kappa shape index (κ3) is 3.71. The fourth-order valence-corrected chi connectivity index (χ4v) is 4.34. The Morgan fingerprint density at radius 1 is 1.36 bits per heavy atom. The Balaban J connectivity index is 1.74. The number of anilines is 2. The zero-order chi connectivity index (χ0) is 18.0. The van der Waals surface area contributed by atoms with Crippen LogP contribution in [0.4, 0.5) is 17.2 Å². The van der Waals surface area contributed by atoms with Gasteiger partial charge in [0.2, 0.25) is 10.0 Å². The van der Waals surface area contributed by atoms with Gasteiger partial charge in [-0.15, -0.1) is 0 Å². The highest BCUT2D eigenvalue weighted by Crippen LogP contribution is 2.25. The third-order valence-corrected chi connectivity index (χ3v) is 5.90. The lowest BCUT2D eigenvalue weighted by molar-refractivity contribution is -0.385. The SMILES string of the molecule is Cc1cc([N+](=O)[O-])cnc1NCc1cccc(N2CCCS2(=O)=O)c1. The summed E-state index contributed by atoms with van der Waals surface area (Å²) in [4.78, 5) is 14.3. The number of aryl methyl sites for hydroxylation is 1. The van der Waals surface area contributed by atoms with E-state index >= 15 is 0 Å². The van der Waals surface area contributed by atoms with Crippen LogP contribution in [0.25, 0.3) is 0 Å². The molecule has 1 aliphatic rings. The van der Waals surface area contributed by atoms with E-state index in [1.165, 1.54) is 16.6 Å². The van der Waals surface area contributed by atoms with Crippen molar-refractivity contribution in [1.82, 2.24) is 4.98 Å². The van der Waals surface area contributed by atoms with Gasteiger partial charge in [0.1, 0.15) is 12.0 Å². The summed E-state index contributed by atoms with van der Waals surface area (Å²) in [5.41, 5.74) is 2.18. The van der Waals surface area contributed by atoms with E-state index in [9.17, 15) is 18.5 Å². The summed E-state index contributed by atoms with van der Waals surface area (Å²) in [6.45, 7) is 2.69. The summed E-state index contributed by atoms with van der Waals surface area (Å²) in [5.74, 6) is 0.742. The number of pyridine rings is 1. The van der Waals surface area contributed by atoms with Crippen molar-refractivity contribution in [3.05, 3.63) is 57.8 Å². The number of hydrogen-bond donors (Lipinski definition) is 1. The molecule has 0 amide bonds. The zero-order valence-electron chi connectivity index (χ0n) is 13.7. The van der Waals surface area contributed by atoms with Crippen LogP contribution >= 0.6 is 0 Å². The predicted molar refractivity (Wildman–Crippen MR) is 95.1 cm³/mol. The highest BCUT2D eigenvalue weighted by molar-refractivity contribution is 7.93. The molecule has 1 aliphatic heterocycles. The molecule has 1 saturated heterocycles. The Hall–Kier alpha value is -2.68. The van der Waals surface area contributed by atoms with Crippen molar-refractivity contribution in [3.8, 4) is 0 Å². The maximum absolute atomic E-state index is 12.0. The van der Waals surface area contributed by atoms with Gasteiger partial charge in [-0.05, 0) is 36.6 Å². The van der Waals surface area contributed by atoms with Crippen molar-refractivity contribution < 1.29 is 13.3 Å². The van der Waals surface area contributed by atoms with Gasteiger partial charge in [0.15, 0.2) is 0 Å². The number of nitrogens with zero attached hydrogens (tertiary/aromatic N) is 3. The number of aromatic nitrogens is 1. The summed E-state index contributed by atoms with van der Waals surface area (Å²) in [6.07, 6.45) is 1.85. The molecule has 0 unspecified atom stereocenters. The molecule has 0 atom stereocenters. The third-order valence-electron chi connectivity index (χ3n) is 4.03. The number of rotatable bonds is 5. The minimum atomic E-state index is -3.21. The maximum Gasteiger partial charge on any atom is 0.287 e. The number of benzene rings is 1. The summed E-state index contributed by atoms with van der Waals surface area (Å²) < 4.78 is 25.5. The number of nitro groups is 1. The van der Waals surface area contributed by atoms with Crippen LogP contribution in [-0.4, -0.2) is 30.6 Å². The highest BCUT2D eigenvalue weighted by atomic mass is 32.2. The van der Waals surface area contributed by atoms with E-state index < -0.39 is 14.9 Å². The first-order chi connectivity index (χ1) is 11.9. The van der Waals surface area contributed by atoms with Gasteiger partial charge in [-0.1, -0.05) is 12.1 Å². The summed E-state index contributed by atoms with van der Waals surface area (Å²) in [6, 6.07) is 8.77. The van der Waals surface area contributed by atoms with E-state index in [4.69, 9.17) is 0 Å². The minimum Gasteiger partial charge on any atom is -0.366 e. The van der Waals surface area contributed by atoms with Gasteiger partial charge in [-0.2, -0.15) is 0 Å². The first-order valence-electron chi connectivity index (χ1n) is 7.81. The molecule has 0 radical (unpaired) electrons. The largest absolute Gasteiger partial charge is 0.366 e. The number of hydrogen-bond acceptors (Lipinski definition) is 6. The molecule has 0 spiro atoms. The van der Waals surface area contributed by atoms with Crippen LogP contribution in [-0.2, 0) is 16.6 Å². The van der Waals surface area contributed by atoms with Gasteiger partial charge in [-0.3, -0.25) is 14.4 Å². The van der Waals surface area contributed by atoms with Crippen LogP contribution in [0.5, 0.6) is 0 Å². The van der Waals surface area contributed by atoms with Crippen molar-refractivity contribution >= 4 is 27.2 Å². The lowest BCUT2D eigenvalue weighted by atomic mass is 10.2. The van der Waals surface area contributed by atoms with E-state index in [1.54, 1.807) is 13.0 Å². The summed E-state index contributed by atoms with van der Waals surface area (Å²) in [7, 11) is -3.21. The molecule has 8 nitrogen and oxygen atoms in total. The highest BCUT2D eigenvalue weighted by Gasteiger charge is 2.28. The molecule has 2 heterocycles. The van der Waals surface area contributed by atoms with Crippen molar-refractivity contribution in [2.75, 3.05) is 21.9 Å². The Bertz CT molecular complexity index is 914. The average Bonchev–Trinajstić information content (AvgIpc) is 2.93. The monoisotopic (exact) mass is 362 g/mol. The molecule has 25 heavy (non-hydrogen) atoms. The fourth-order valence-electron chi connectivity index (χ4n) is 2.78. The van der Waals surface area contributed by atoms with Gasteiger partial charge in [-0.25, -0.2) is 13.4 Å². The summed E-state index contributed by atoms with van der Waals surface area (Å²) >= 11 is 0. The quantitative estimate of drug-likeness (QED) is 0.647. The molecule has 1 fully saturated rings. The Kier molecular flexibility index (Phi) is 4.58. The molecular weight excluding hydrogens is 344 g/mol. The molecule has 0 bridgehead atoms. The first-order valence-corrected chi connectivity index (χ1v) is 9.42. The van der Waals surface area contributed by atoms with Gasteiger partial charge in [0.05, 0.1) is 16.4 Å². The van der Waals surface area contributed by atoms with Crippen molar-refractivity contribution in [2.24, 2.45) is 0 Å². The molecule has 1 aromatic carbocycles. The zero-order valence-corrected chi connectivity index (χ0v) is 14.5. The van der Waals surface area contributed by atoms with E-state index in [1.807, 2.05) is 18.2 Å². The number of nitrogens with one attached hydrogen (secondary N) is 1. The molecule has 132 valence electrons. The second kappa shape index (κ2) is 6.67. The van der Waals surface area contributed by atoms with Gasteiger partial charge < -0.3 is 5.32 Å². The van der Waals surface area contributed by atoms with Crippen LogP contribution in [0.2, 0.25) is 0 Å². The smallest absolute Gasteiger partial charge is 0.287 e. The second-order valence-corrected chi connectivity index (χ2v) is 7.89. The standard InChI is InChI=1S/C16H18N4O4S/c1-12-8-15(20(21)22)11-18-16(12)17-10-13-4-2-5-14(9-13)19-6-3-7-25(19,23)24/h2,4-5,8-9,11H,3,6-7,10H2,1H3,(H,17,18). The molecule has 3 rings (SSSR count). The topological polar surface area (TPSA) is 105 Å². The molecule has 0 saturated carbocycles. The van der Waals surface area contributed by atoms with Crippen LogP contribution < -0.4 is 9.62 Å². The van der Waals surface area contributed by atoms with Gasteiger partial charge >= 0.3 is 0 Å².